The van der Waals surface area contributed by atoms with Crippen LogP contribution >= 0.6 is 22.7 Å². The predicted molar refractivity (Wildman–Crippen MR) is 117 cm³/mol. The number of aromatic amines is 1. The maximum atomic E-state index is 13.1. The number of likely N-dealkylation sites (tertiary alicyclic amines) is 1. The minimum atomic E-state index is -0.0742. The Morgan fingerprint density at radius 2 is 1.97 bits per heavy atom. The molecule has 3 aromatic heterocycles. The minimum Gasteiger partial charge on any atom is -0.338 e. The number of aromatic nitrogens is 3. The van der Waals surface area contributed by atoms with Crippen molar-refractivity contribution in [3.05, 3.63) is 62.8 Å². The van der Waals surface area contributed by atoms with Crippen LogP contribution in [0.4, 0.5) is 0 Å². The Labute approximate surface area is 175 Å². The summed E-state index contributed by atoms with van der Waals surface area (Å²) in [7, 11) is 0. The molecule has 29 heavy (non-hydrogen) atoms. The molecule has 0 radical (unpaired) electrons. The first-order valence-electron chi connectivity index (χ1n) is 9.61. The van der Waals surface area contributed by atoms with Gasteiger partial charge in [0.05, 0.1) is 21.6 Å². The summed E-state index contributed by atoms with van der Waals surface area (Å²) in [6.45, 7) is 3.18. The van der Waals surface area contributed by atoms with Gasteiger partial charge in [-0.05, 0) is 43.3 Å². The van der Waals surface area contributed by atoms with Gasteiger partial charge < -0.3 is 9.88 Å². The van der Waals surface area contributed by atoms with Crippen molar-refractivity contribution in [1.29, 1.82) is 0 Å². The Morgan fingerprint density at radius 3 is 2.72 bits per heavy atom. The molecule has 1 N–H and O–H groups in total. The average Bonchev–Trinajstić information content (AvgIpc) is 3.45. The highest BCUT2D eigenvalue weighted by molar-refractivity contribution is 7.22. The number of para-hydroxylation sites is 2. The number of fused-ring (bicyclic) bond motifs is 1. The van der Waals surface area contributed by atoms with Crippen molar-refractivity contribution in [3.8, 4) is 9.88 Å². The van der Waals surface area contributed by atoms with E-state index < -0.39 is 0 Å². The normalized spacial score (nSPS) is 15.3. The molecule has 0 unspecified atom stereocenters. The Morgan fingerprint density at radius 1 is 1.17 bits per heavy atom. The Balaban J connectivity index is 1.34. The summed E-state index contributed by atoms with van der Waals surface area (Å²) in [5, 5.41) is 2.92. The van der Waals surface area contributed by atoms with E-state index in [4.69, 9.17) is 0 Å². The van der Waals surface area contributed by atoms with Crippen molar-refractivity contribution >= 4 is 39.6 Å². The topological polar surface area (TPSA) is 71.0 Å². The number of carbonyl (C=O) groups is 1. The minimum absolute atomic E-state index is 0.0486. The molecule has 0 atom stereocenters. The van der Waals surface area contributed by atoms with Crippen LogP contribution in [-0.4, -0.2) is 38.4 Å². The van der Waals surface area contributed by atoms with Crippen LogP contribution in [0.3, 0.4) is 0 Å². The largest absolute Gasteiger partial charge is 0.338 e. The lowest BCUT2D eigenvalue weighted by molar-refractivity contribution is 0.0699. The number of H-pyrrole nitrogens is 1. The molecule has 1 aliphatic rings. The number of piperidine rings is 1. The molecule has 8 heteroatoms. The molecule has 1 aliphatic heterocycles. The summed E-state index contributed by atoms with van der Waals surface area (Å²) in [4.78, 5) is 36.8. The first-order valence-corrected chi connectivity index (χ1v) is 11.3. The molecule has 4 aromatic rings. The molecule has 6 nitrogen and oxygen atoms in total. The van der Waals surface area contributed by atoms with Crippen LogP contribution in [0.1, 0.15) is 34.2 Å². The second kappa shape index (κ2) is 7.27. The van der Waals surface area contributed by atoms with E-state index in [2.05, 4.69) is 9.97 Å². The van der Waals surface area contributed by atoms with Crippen LogP contribution in [0.5, 0.6) is 0 Å². The molecule has 1 aromatic carbocycles. The molecule has 0 aliphatic carbocycles. The fraction of sp³-hybridized carbons (Fsp3) is 0.286. The third-order valence-electron chi connectivity index (χ3n) is 5.46. The quantitative estimate of drug-likeness (QED) is 0.533. The average molecular weight is 425 g/mol. The lowest BCUT2D eigenvalue weighted by atomic mass is 10.0. The van der Waals surface area contributed by atoms with Crippen LogP contribution in [-0.2, 0) is 0 Å². The van der Waals surface area contributed by atoms with E-state index in [1.807, 2.05) is 58.2 Å². The van der Waals surface area contributed by atoms with E-state index in [0.29, 0.717) is 13.1 Å². The van der Waals surface area contributed by atoms with Gasteiger partial charge in [-0.25, -0.2) is 9.78 Å². The molecule has 148 valence electrons. The standard InChI is InChI=1S/C21H20N4O2S2/c1-13-18(29-19(22-13)17-7-4-12-28-17)20(26)24-10-8-14(9-11-24)25-16-6-3-2-5-15(16)23-21(25)27/h2-7,12,14H,8-11H2,1H3,(H,23,27). The number of hydrogen-bond acceptors (Lipinski definition) is 5. The predicted octanol–water partition coefficient (Wildman–Crippen LogP) is 4.30. The van der Waals surface area contributed by atoms with E-state index in [9.17, 15) is 9.59 Å². The second-order valence-electron chi connectivity index (χ2n) is 7.25. The summed E-state index contributed by atoms with van der Waals surface area (Å²) in [5.74, 6) is 0.0486. The number of benzene rings is 1. The van der Waals surface area contributed by atoms with Crippen molar-refractivity contribution in [1.82, 2.24) is 19.4 Å². The number of imidazole rings is 1. The van der Waals surface area contributed by atoms with E-state index >= 15 is 0 Å². The molecule has 0 saturated carbocycles. The fourth-order valence-electron chi connectivity index (χ4n) is 4.01. The maximum absolute atomic E-state index is 13.1. The fourth-order valence-corrected chi connectivity index (χ4v) is 5.84. The molecule has 4 heterocycles. The van der Waals surface area contributed by atoms with Crippen molar-refractivity contribution < 1.29 is 4.79 Å². The lowest BCUT2D eigenvalue weighted by Gasteiger charge is -2.32. The number of carbonyl (C=O) groups excluding carboxylic acids is 1. The molecule has 1 saturated heterocycles. The summed E-state index contributed by atoms with van der Waals surface area (Å²) in [6.07, 6.45) is 1.53. The molecular weight excluding hydrogens is 404 g/mol. The van der Waals surface area contributed by atoms with Crippen molar-refractivity contribution in [2.24, 2.45) is 0 Å². The third-order valence-corrected chi connectivity index (χ3v) is 7.65. The number of thiazole rings is 1. The summed E-state index contributed by atoms with van der Waals surface area (Å²) in [6, 6.07) is 11.9. The van der Waals surface area contributed by atoms with Gasteiger partial charge in [-0.1, -0.05) is 18.2 Å². The van der Waals surface area contributed by atoms with E-state index in [-0.39, 0.29) is 17.6 Å². The van der Waals surface area contributed by atoms with Crippen molar-refractivity contribution in [2.45, 2.75) is 25.8 Å². The van der Waals surface area contributed by atoms with E-state index in [0.717, 1.165) is 44.3 Å². The van der Waals surface area contributed by atoms with Gasteiger partial charge in [0.25, 0.3) is 5.91 Å². The SMILES string of the molecule is Cc1nc(-c2cccs2)sc1C(=O)N1CCC(n2c(=O)[nH]c3ccccc32)CC1. The van der Waals surface area contributed by atoms with Crippen molar-refractivity contribution in [3.63, 3.8) is 0 Å². The van der Waals surface area contributed by atoms with E-state index in [1.54, 1.807) is 11.3 Å². The van der Waals surface area contributed by atoms with Gasteiger partial charge in [0.15, 0.2) is 0 Å². The first kappa shape index (κ1) is 18.3. The monoisotopic (exact) mass is 424 g/mol. The Hall–Kier alpha value is -2.71. The zero-order valence-corrected chi connectivity index (χ0v) is 17.6. The summed E-state index contributed by atoms with van der Waals surface area (Å²) >= 11 is 3.10. The zero-order chi connectivity index (χ0) is 20.0. The molecule has 0 spiro atoms. The number of rotatable bonds is 3. The number of thiophene rings is 1. The van der Waals surface area contributed by atoms with Crippen LogP contribution in [0, 0.1) is 6.92 Å². The van der Waals surface area contributed by atoms with Gasteiger partial charge in [0, 0.05) is 19.1 Å². The summed E-state index contributed by atoms with van der Waals surface area (Å²) in [5.41, 5.74) is 2.51. The highest BCUT2D eigenvalue weighted by Crippen LogP contribution is 2.33. The van der Waals surface area contributed by atoms with Gasteiger partial charge in [0.2, 0.25) is 0 Å². The molecule has 1 amide bonds. The highest BCUT2D eigenvalue weighted by Gasteiger charge is 2.28. The number of nitrogens with one attached hydrogen (secondary N) is 1. The number of nitrogens with zero attached hydrogens (tertiary/aromatic N) is 3. The molecular formula is C21H20N4O2S2. The zero-order valence-electron chi connectivity index (χ0n) is 15.9. The second-order valence-corrected chi connectivity index (χ2v) is 9.20. The van der Waals surface area contributed by atoms with Gasteiger partial charge in [-0.15, -0.1) is 22.7 Å². The molecule has 0 bridgehead atoms. The lowest BCUT2D eigenvalue weighted by Crippen LogP contribution is -2.40. The van der Waals surface area contributed by atoms with Gasteiger partial charge in [0.1, 0.15) is 9.88 Å². The Bertz CT molecular complexity index is 1230. The first-order chi connectivity index (χ1) is 14.1. The smallest absolute Gasteiger partial charge is 0.326 e. The third kappa shape index (κ3) is 3.22. The highest BCUT2D eigenvalue weighted by atomic mass is 32.1. The number of hydrogen-bond donors (Lipinski definition) is 1. The van der Waals surface area contributed by atoms with Crippen LogP contribution in [0.25, 0.3) is 20.9 Å². The Kier molecular flexibility index (Phi) is 4.60. The van der Waals surface area contributed by atoms with Gasteiger partial charge in [-0.2, -0.15) is 0 Å². The number of aryl methyl sites for hydroxylation is 1. The van der Waals surface area contributed by atoms with Gasteiger partial charge in [-0.3, -0.25) is 9.36 Å². The van der Waals surface area contributed by atoms with Crippen LogP contribution in [0.2, 0.25) is 0 Å². The summed E-state index contributed by atoms with van der Waals surface area (Å²) < 4.78 is 1.85. The van der Waals surface area contributed by atoms with Crippen LogP contribution < -0.4 is 5.69 Å². The van der Waals surface area contributed by atoms with Gasteiger partial charge >= 0.3 is 5.69 Å². The maximum Gasteiger partial charge on any atom is 0.326 e. The number of amides is 1. The van der Waals surface area contributed by atoms with E-state index in [1.165, 1.54) is 11.3 Å². The molecule has 5 rings (SSSR count). The molecule has 1 fully saturated rings. The van der Waals surface area contributed by atoms with Crippen molar-refractivity contribution in [2.75, 3.05) is 13.1 Å². The van der Waals surface area contributed by atoms with Crippen LogP contribution in [0.15, 0.2) is 46.6 Å².